The van der Waals surface area contributed by atoms with Gasteiger partial charge in [0, 0.05) is 10.9 Å². The zero-order chi connectivity index (χ0) is 14.1. The van der Waals surface area contributed by atoms with Crippen LogP contribution in [0.4, 0.5) is 4.39 Å². The van der Waals surface area contributed by atoms with E-state index in [1.807, 2.05) is 18.2 Å². The zero-order valence-corrected chi connectivity index (χ0v) is 11.7. The van der Waals surface area contributed by atoms with E-state index < -0.39 is 5.82 Å². The van der Waals surface area contributed by atoms with E-state index in [2.05, 4.69) is 6.07 Å². The van der Waals surface area contributed by atoms with Gasteiger partial charge < -0.3 is 0 Å². The standard InChI is InChI=1S/C17H14ClFO/c18-14-7-8-16(19)15(10-14)17(20)13-6-5-11-3-1-2-4-12(11)9-13/h1-4,7-8,10,13H,5-6,9H2. The molecule has 3 heteroatoms. The van der Waals surface area contributed by atoms with Crippen molar-refractivity contribution in [1.29, 1.82) is 0 Å². The number of rotatable bonds is 2. The molecule has 2 aromatic carbocycles. The van der Waals surface area contributed by atoms with Gasteiger partial charge in [-0.2, -0.15) is 0 Å². The van der Waals surface area contributed by atoms with E-state index >= 15 is 0 Å². The number of Topliss-reactive ketones (excluding diaryl/α,β-unsaturated/α-hetero) is 1. The summed E-state index contributed by atoms with van der Waals surface area (Å²) in [6.45, 7) is 0. The average molecular weight is 289 g/mol. The second-order valence-corrected chi connectivity index (χ2v) is 5.63. The van der Waals surface area contributed by atoms with Crippen molar-refractivity contribution in [1.82, 2.24) is 0 Å². The second kappa shape index (κ2) is 5.37. The summed E-state index contributed by atoms with van der Waals surface area (Å²) in [6.07, 6.45) is 2.32. The molecule has 1 atom stereocenters. The van der Waals surface area contributed by atoms with Crippen molar-refractivity contribution >= 4 is 17.4 Å². The lowest BCUT2D eigenvalue weighted by molar-refractivity contribution is 0.0904. The van der Waals surface area contributed by atoms with Gasteiger partial charge in [0.05, 0.1) is 5.56 Å². The molecule has 0 aliphatic heterocycles. The molecular weight excluding hydrogens is 275 g/mol. The molecule has 0 saturated heterocycles. The van der Waals surface area contributed by atoms with Gasteiger partial charge in [-0.3, -0.25) is 4.79 Å². The van der Waals surface area contributed by atoms with Crippen LogP contribution in [0.1, 0.15) is 27.9 Å². The van der Waals surface area contributed by atoms with Gasteiger partial charge in [0.15, 0.2) is 5.78 Å². The Labute approximate surface area is 122 Å². The lowest BCUT2D eigenvalue weighted by Crippen LogP contribution is -2.23. The summed E-state index contributed by atoms with van der Waals surface area (Å²) in [5, 5.41) is 0.394. The van der Waals surface area contributed by atoms with Gasteiger partial charge in [0.25, 0.3) is 0 Å². The van der Waals surface area contributed by atoms with Crippen LogP contribution >= 0.6 is 11.6 Å². The first-order valence-corrected chi connectivity index (χ1v) is 7.09. The Morgan fingerprint density at radius 1 is 1.15 bits per heavy atom. The van der Waals surface area contributed by atoms with E-state index in [0.29, 0.717) is 11.4 Å². The van der Waals surface area contributed by atoms with Gasteiger partial charge in [-0.25, -0.2) is 4.39 Å². The van der Waals surface area contributed by atoms with Crippen LogP contribution in [0.2, 0.25) is 5.02 Å². The smallest absolute Gasteiger partial charge is 0.169 e. The summed E-state index contributed by atoms with van der Waals surface area (Å²) < 4.78 is 13.8. The maximum atomic E-state index is 13.8. The molecule has 1 aliphatic carbocycles. The van der Waals surface area contributed by atoms with Crippen molar-refractivity contribution in [2.24, 2.45) is 5.92 Å². The van der Waals surface area contributed by atoms with Gasteiger partial charge in [-0.05, 0) is 48.6 Å². The van der Waals surface area contributed by atoms with Gasteiger partial charge in [-0.15, -0.1) is 0 Å². The van der Waals surface area contributed by atoms with Crippen molar-refractivity contribution < 1.29 is 9.18 Å². The molecule has 0 spiro atoms. The highest BCUT2D eigenvalue weighted by Gasteiger charge is 2.27. The van der Waals surface area contributed by atoms with Crippen LogP contribution in [0.5, 0.6) is 0 Å². The van der Waals surface area contributed by atoms with Gasteiger partial charge >= 0.3 is 0 Å². The van der Waals surface area contributed by atoms with Gasteiger partial charge in [0.2, 0.25) is 0 Å². The number of hydrogen-bond acceptors (Lipinski definition) is 1. The van der Waals surface area contributed by atoms with Crippen LogP contribution in [0.3, 0.4) is 0 Å². The molecule has 2 aromatic rings. The second-order valence-electron chi connectivity index (χ2n) is 5.20. The number of carbonyl (C=O) groups excluding carboxylic acids is 1. The maximum Gasteiger partial charge on any atom is 0.169 e. The summed E-state index contributed by atoms with van der Waals surface area (Å²) in [7, 11) is 0. The third-order valence-electron chi connectivity index (χ3n) is 3.91. The molecule has 1 aliphatic rings. The fourth-order valence-electron chi connectivity index (χ4n) is 2.83. The van der Waals surface area contributed by atoms with Crippen molar-refractivity contribution in [3.63, 3.8) is 0 Å². The predicted octanol–water partition coefficient (Wildman–Crippen LogP) is 4.47. The average Bonchev–Trinajstić information content (AvgIpc) is 2.48. The minimum Gasteiger partial charge on any atom is -0.294 e. The first-order chi connectivity index (χ1) is 9.65. The topological polar surface area (TPSA) is 17.1 Å². The van der Waals surface area contributed by atoms with E-state index in [1.165, 1.54) is 29.3 Å². The Kier molecular flexibility index (Phi) is 3.58. The molecule has 0 radical (unpaired) electrons. The molecule has 3 rings (SSSR count). The minimum absolute atomic E-state index is 0.113. The summed E-state index contributed by atoms with van der Waals surface area (Å²) in [5.74, 6) is -0.782. The van der Waals surface area contributed by atoms with Gasteiger partial charge in [0.1, 0.15) is 5.82 Å². The number of halogens is 2. The summed E-state index contributed by atoms with van der Waals surface area (Å²) in [4.78, 5) is 12.5. The fourth-order valence-corrected chi connectivity index (χ4v) is 3.00. The summed E-state index contributed by atoms with van der Waals surface area (Å²) >= 11 is 5.86. The van der Waals surface area contributed by atoms with Crippen LogP contribution in [0.25, 0.3) is 0 Å². The lowest BCUT2D eigenvalue weighted by atomic mass is 9.80. The van der Waals surface area contributed by atoms with E-state index in [-0.39, 0.29) is 17.3 Å². The van der Waals surface area contributed by atoms with Crippen LogP contribution in [-0.4, -0.2) is 5.78 Å². The van der Waals surface area contributed by atoms with Gasteiger partial charge in [-0.1, -0.05) is 35.9 Å². The number of hydrogen-bond donors (Lipinski definition) is 0. The van der Waals surface area contributed by atoms with E-state index in [0.717, 1.165) is 12.8 Å². The highest BCUT2D eigenvalue weighted by atomic mass is 35.5. The minimum atomic E-state index is -0.488. The number of fused-ring (bicyclic) bond motifs is 1. The van der Waals surface area contributed by atoms with Crippen LogP contribution < -0.4 is 0 Å². The van der Waals surface area contributed by atoms with Crippen molar-refractivity contribution in [3.8, 4) is 0 Å². The van der Waals surface area contributed by atoms with Crippen LogP contribution in [-0.2, 0) is 12.8 Å². The lowest BCUT2D eigenvalue weighted by Gasteiger charge is -2.23. The van der Waals surface area contributed by atoms with E-state index in [9.17, 15) is 9.18 Å². The molecular formula is C17H14ClFO. The fraction of sp³-hybridized carbons (Fsp3) is 0.235. The van der Waals surface area contributed by atoms with Crippen molar-refractivity contribution in [2.45, 2.75) is 19.3 Å². The monoisotopic (exact) mass is 288 g/mol. The number of benzene rings is 2. The molecule has 0 bridgehead atoms. The van der Waals surface area contributed by atoms with Crippen molar-refractivity contribution in [3.05, 3.63) is 70.0 Å². The Morgan fingerprint density at radius 3 is 2.70 bits per heavy atom. The molecule has 0 N–H and O–H groups in total. The number of aryl methyl sites for hydroxylation is 1. The normalized spacial score (nSPS) is 17.6. The summed E-state index contributed by atoms with van der Waals surface area (Å²) in [5.41, 5.74) is 2.60. The molecule has 0 heterocycles. The van der Waals surface area contributed by atoms with Crippen molar-refractivity contribution in [2.75, 3.05) is 0 Å². The zero-order valence-electron chi connectivity index (χ0n) is 10.9. The molecule has 0 amide bonds. The van der Waals surface area contributed by atoms with E-state index in [1.54, 1.807) is 0 Å². The highest BCUT2D eigenvalue weighted by molar-refractivity contribution is 6.31. The van der Waals surface area contributed by atoms with E-state index in [4.69, 9.17) is 11.6 Å². The number of carbonyl (C=O) groups is 1. The third kappa shape index (κ3) is 2.48. The molecule has 1 unspecified atom stereocenters. The molecule has 102 valence electrons. The predicted molar refractivity (Wildman–Crippen MR) is 77.7 cm³/mol. The Bertz CT molecular complexity index is 666. The quantitative estimate of drug-likeness (QED) is 0.745. The van der Waals surface area contributed by atoms with Crippen LogP contribution in [0.15, 0.2) is 42.5 Å². The van der Waals surface area contributed by atoms with Crippen LogP contribution in [0, 0.1) is 11.7 Å². The third-order valence-corrected chi connectivity index (χ3v) is 4.15. The Hall–Kier alpha value is -1.67. The molecule has 0 aromatic heterocycles. The SMILES string of the molecule is O=C(c1cc(Cl)ccc1F)C1CCc2ccccc2C1. The molecule has 20 heavy (non-hydrogen) atoms. The molecule has 1 nitrogen and oxygen atoms in total. The maximum absolute atomic E-state index is 13.8. The Balaban J connectivity index is 1.88. The first-order valence-electron chi connectivity index (χ1n) is 6.71. The first kappa shape index (κ1) is 13.3. The summed E-state index contributed by atoms with van der Waals surface area (Å²) in [6, 6.07) is 12.3. The number of ketones is 1. The largest absolute Gasteiger partial charge is 0.294 e. The molecule has 0 fully saturated rings. The highest BCUT2D eigenvalue weighted by Crippen LogP contribution is 2.29. The molecule has 0 saturated carbocycles. The Morgan fingerprint density at radius 2 is 1.90 bits per heavy atom.